The van der Waals surface area contributed by atoms with Crippen molar-refractivity contribution in [3.63, 3.8) is 0 Å². The number of aliphatic imine (C=N–C) groups is 1. The van der Waals surface area contributed by atoms with Crippen LogP contribution in [0.15, 0.2) is 65.3 Å². The molecule has 0 amide bonds. The molecule has 2 aromatic carbocycles. The highest BCUT2D eigenvalue weighted by Gasteiger charge is 2.23. The van der Waals surface area contributed by atoms with Crippen molar-refractivity contribution in [1.29, 1.82) is 0 Å². The van der Waals surface area contributed by atoms with Gasteiger partial charge in [-0.1, -0.05) is 41.9 Å². The fourth-order valence-electron chi connectivity index (χ4n) is 1.83. The normalized spacial score (nSPS) is 16.1. The molecular formula is C16H10ClNO2. The third-order valence-electron chi connectivity index (χ3n) is 2.81. The highest BCUT2D eigenvalue weighted by Crippen LogP contribution is 2.19. The number of ether oxygens (including phenoxy) is 1. The largest absolute Gasteiger partial charge is 0.402 e. The predicted molar refractivity (Wildman–Crippen MR) is 78.5 cm³/mol. The molecule has 2 aromatic rings. The van der Waals surface area contributed by atoms with Crippen molar-refractivity contribution in [3.8, 4) is 0 Å². The van der Waals surface area contributed by atoms with Crippen molar-refractivity contribution in [2.75, 3.05) is 0 Å². The van der Waals surface area contributed by atoms with Crippen LogP contribution in [0.2, 0.25) is 5.02 Å². The Morgan fingerprint density at radius 3 is 2.40 bits per heavy atom. The summed E-state index contributed by atoms with van der Waals surface area (Å²) in [6.07, 6.45) is 1.68. The number of nitrogens with zero attached hydrogens (tertiary/aromatic N) is 1. The zero-order valence-electron chi connectivity index (χ0n) is 10.4. The van der Waals surface area contributed by atoms with Crippen molar-refractivity contribution in [2.24, 2.45) is 4.99 Å². The van der Waals surface area contributed by atoms with Crippen LogP contribution in [0.3, 0.4) is 0 Å². The molecule has 3 rings (SSSR count). The second-order valence-corrected chi connectivity index (χ2v) is 4.69. The minimum atomic E-state index is -0.446. The van der Waals surface area contributed by atoms with Gasteiger partial charge < -0.3 is 4.74 Å². The molecule has 1 aliphatic heterocycles. The minimum absolute atomic E-state index is 0.283. The van der Waals surface area contributed by atoms with E-state index in [1.807, 2.05) is 42.5 Å². The molecule has 0 N–H and O–H groups in total. The summed E-state index contributed by atoms with van der Waals surface area (Å²) in [5, 5.41) is 0.648. The van der Waals surface area contributed by atoms with Gasteiger partial charge in [-0.15, -0.1) is 0 Å². The van der Waals surface area contributed by atoms with Gasteiger partial charge in [-0.3, -0.25) is 0 Å². The first-order valence-corrected chi connectivity index (χ1v) is 6.44. The summed E-state index contributed by atoms with van der Waals surface area (Å²) >= 11 is 5.82. The van der Waals surface area contributed by atoms with E-state index in [1.54, 1.807) is 18.2 Å². The van der Waals surface area contributed by atoms with E-state index in [0.29, 0.717) is 10.9 Å². The Morgan fingerprint density at radius 1 is 1.00 bits per heavy atom. The van der Waals surface area contributed by atoms with Gasteiger partial charge in [-0.25, -0.2) is 9.79 Å². The number of esters is 1. The second-order valence-electron chi connectivity index (χ2n) is 4.25. The third kappa shape index (κ3) is 2.63. The van der Waals surface area contributed by atoms with E-state index in [2.05, 4.69) is 4.99 Å². The molecule has 0 saturated heterocycles. The molecule has 98 valence electrons. The first-order valence-electron chi connectivity index (χ1n) is 6.06. The Kier molecular flexibility index (Phi) is 3.35. The molecule has 4 heteroatoms. The van der Waals surface area contributed by atoms with Crippen LogP contribution < -0.4 is 0 Å². The lowest BCUT2D eigenvalue weighted by atomic mass is 10.2. The first kappa shape index (κ1) is 12.6. The van der Waals surface area contributed by atoms with Crippen molar-refractivity contribution < 1.29 is 9.53 Å². The lowest BCUT2D eigenvalue weighted by molar-refractivity contribution is -0.129. The van der Waals surface area contributed by atoms with Gasteiger partial charge in [0.15, 0.2) is 5.70 Å². The van der Waals surface area contributed by atoms with Crippen LogP contribution >= 0.6 is 11.6 Å². The van der Waals surface area contributed by atoms with Crippen molar-refractivity contribution in [2.45, 2.75) is 0 Å². The Hall–Kier alpha value is -2.39. The molecule has 0 atom stereocenters. The summed E-state index contributed by atoms with van der Waals surface area (Å²) in [6.45, 7) is 0. The molecule has 20 heavy (non-hydrogen) atoms. The van der Waals surface area contributed by atoms with Gasteiger partial charge in [0.2, 0.25) is 5.90 Å². The number of cyclic esters (lactones) is 1. The summed E-state index contributed by atoms with van der Waals surface area (Å²) in [5.74, 6) is -0.116. The zero-order chi connectivity index (χ0) is 13.9. The predicted octanol–water partition coefficient (Wildman–Crippen LogP) is 3.68. The quantitative estimate of drug-likeness (QED) is 0.623. The smallest absolute Gasteiger partial charge is 0.363 e. The topological polar surface area (TPSA) is 38.7 Å². The van der Waals surface area contributed by atoms with Crippen LogP contribution in [0.25, 0.3) is 6.08 Å². The van der Waals surface area contributed by atoms with E-state index >= 15 is 0 Å². The maximum atomic E-state index is 11.8. The van der Waals surface area contributed by atoms with Gasteiger partial charge >= 0.3 is 5.97 Å². The average molecular weight is 284 g/mol. The van der Waals surface area contributed by atoms with Crippen molar-refractivity contribution in [3.05, 3.63) is 76.4 Å². The molecule has 0 aliphatic carbocycles. The molecule has 0 unspecified atom stereocenters. The molecule has 1 heterocycles. The maximum Gasteiger partial charge on any atom is 0.363 e. The van der Waals surface area contributed by atoms with Crippen LogP contribution in [-0.4, -0.2) is 11.9 Å². The number of halogens is 1. The SMILES string of the molecule is O=C1OC(c2ccccc2)=N/C1=C\c1ccc(Cl)cc1. The Bertz CT molecular complexity index is 703. The molecular weight excluding hydrogens is 274 g/mol. The van der Waals surface area contributed by atoms with Crippen LogP contribution in [0.5, 0.6) is 0 Å². The van der Waals surface area contributed by atoms with Gasteiger partial charge in [0.1, 0.15) is 0 Å². The Morgan fingerprint density at radius 2 is 1.70 bits per heavy atom. The fourth-order valence-corrected chi connectivity index (χ4v) is 1.96. The average Bonchev–Trinajstić information content (AvgIpc) is 2.84. The molecule has 0 fully saturated rings. The van der Waals surface area contributed by atoms with Crippen molar-refractivity contribution in [1.82, 2.24) is 0 Å². The molecule has 3 nitrogen and oxygen atoms in total. The lowest BCUT2D eigenvalue weighted by Gasteiger charge is -1.97. The zero-order valence-corrected chi connectivity index (χ0v) is 11.2. The highest BCUT2D eigenvalue weighted by molar-refractivity contribution is 6.30. The molecule has 0 aromatic heterocycles. The van der Waals surface area contributed by atoms with E-state index in [9.17, 15) is 4.79 Å². The number of carbonyl (C=O) groups excluding carboxylic acids is 1. The standard InChI is InChI=1S/C16H10ClNO2/c17-13-8-6-11(7-9-13)10-14-16(19)20-15(18-14)12-4-2-1-3-5-12/h1-10H/b14-10-. The van der Waals surface area contributed by atoms with Gasteiger partial charge in [0.25, 0.3) is 0 Å². The van der Waals surface area contributed by atoms with E-state index in [1.165, 1.54) is 0 Å². The molecule has 0 radical (unpaired) electrons. The molecule has 0 saturated carbocycles. The number of rotatable bonds is 2. The summed E-state index contributed by atoms with van der Waals surface area (Å²) < 4.78 is 5.17. The van der Waals surface area contributed by atoms with Crippen LogP contribution in [-0.2, 0) is 9.53 Å². The first-order chi connectivity index (χ1) is 9.72. The molecule has 1 aliphatic rings. The van der Waals surface area contributed by atoms with Crippen LogP contribution in [0.1, 0.15) is 11.1 Å². The van der Waals surface area contributed by atoms with Crippen molar-refractivity contribution >= 4 is 29.5 Å². The monoisotopic (exact) mass is 283 g/mol. The summed E-state index contributed by atoms with van der Waals surface area (Å²) in [7, 11) is 0. The third-order valence-corrected chi connectivity index (χ3v) is 3.07. The number of carbonyl (C=O) groups is 1. The Balaban J connectivity index is 1.92. The van der Waals surface area contributed by atoms with Crippen LogP contribution in [0, 0.1) is 0 Å². The van der Waals surface area contributed by atoms with Gasteiger partial charge in [-0.2, -0.15) is 0 Å². The number of hydrogen-bond donors (Lipinski definition) is 0. The number of benzene rings is 2. The van der Waals surface area contributed by atoms with E-state index in [0.717, 1.165) is 11.1 Å². The maximum absolute atomic E-state index is 11.8. The van der Waals surface area contributed by atoms with Gasteiger partial charge in [0, 0.05) is 10.6 Å². The minimum Gasteiger partial charge on any atom is -0.402 e. The summed E-state index contributed by atoms with van der Waals surface area (Å²) in [6, 6.07) is 16.5. The molecule has 0 bridgehead atoms. The summed E-state index contributed by atoms with van der Waals surface area (Å²) in [4.78, 5) is 16.0. The second kappa shape index (κ2) is 5.31. The van der Waals surface area contributed by atoms with Gasteiger partial charge in [0.05, 0.1) is 0 Å². The lowest BCUT2D eigenvalue weighted by Crippen LogP contribution is -2.04. The molecule has 0 spiro atoms. The Labute approximate surface area is 121 Å². The summed E-state index contributed by atoms with van der Waals surface area (Å²) in [5.41, 5.74) is 1.91. The van der Waals surface area contributed by atoms with E-state index in [-0.39, 0.29) is 5.70 Å². The number of hydrogen-bond acceptors (Lipinski definition) is 3. The van der Waals surface area contributed by atoms with E-state index in [4.69, 9.17) is 16.3 Å². The van der Waals surface area contributed by atoms with Gasteiger partial charge in [-0.05, 0) is 35.9 Å². The highest BCUT2D eigenvalue weighted by atomic mass is 35.5. The van der Waals surface area contributed by atoms with Crippen LogP contribution in [0.4, 0.5) is 0 Å². The fraction of sp³-hybridized carbons (Fsp3) is 0. The van der Waals surface area contributed by atoms with E-state index < -0.39 is 5.97 Å².